The summed E-state index contributed by atoms with van der Waals surface area (Å²) < 4.78 is 16.0. The third-order valence-corrected chi connectivity index (χ3v) is 5.07. The number of anilines is 1. The second kappa shape index (κ2) is 9.71. The molecule has 160 valence electrons. The number of amides is 2. The van der Waals surface area contributed by atoms with E-state index in [2.05, 4.69) is 26.0 Å². The second-order valence-corrected chi connectivity index (χ2v) is 7.51. The monoisotopic (exact) mass is 504 g/mol. The molecular formula is C21H17BrN2O6S. The average Bonchev–Trinajstić information content (AvgIpc) is 2.76. The van der Waals surface area contributed by atoms with Crippen LogP contribution < -0.4 is 19.7 Å². The number of carbonyl (C=O) groups excluding carboxylic acids is 3. The summed E-state index contributed by atoms with van der Waals surface area (Å²) in [5.74, 6) is -1.06. The van der Waals surface area contributed by atoms with Gasteiger partial charge >= 0.3 is 5.97 Å². The fraction of sp³-hybridized carbons (Fsp3) is 0.143. The number of ether oxygens (including phenoxy) is 3. The summed E-state index contributed by atoms with van der Waals surface area (Å²) in [4.78, 5) is 38.0. The number of nitrogens with one attached hydrogen (secondary N) is 1. The molecule has 0 atom stereocenters. The summed E-state index contributed by atoms with van der Waals surface area (Å²) in [5.41, 5.74) is 0.944. The van der Waals surface area contributed by atoms with Gasteiger partial charge in [-0.3, -0.25) is 19.8 Å². The fourth-order valence-electron chi connectivity index (χ4n) is 2.74. The topological polar surface area (TPSA) is 94.2 Å². The summed E-state index contributed by atoms with van der Waals surface area (Å²) in [6, 6.07) is 11.7. The number of halogens is 1. The van der Waals surface area contributed by atoms with Gasteiger partial charge in [0.2, 0.25) is 0 Å². The molecule has 31 heavy (non-hydrogen) atoms. The molecule has 2 aromatic carbocycles. The summed E-state index contributed by atoms with van der Waals surface area (Å²) in [7, 11) is 2.69. The van der Waals surface area contributed by atoms with Gasteiger partial charge in [0.25, 0.3) is 11.8 Å². The summed E-state index contributed by atoms with van der Waals surface area (Å²) >= 11 is 8.53. The normalized spacial score (nSPS) is 15.0. The van der Waals surface area contributed by atoms with Crippen molar-refractivity contribution in [1.29, 1.82) is 0 Å². The fourth-order valence-corrected chi connectivity index (χ4v) is 3.28. The van der Waals surface area contributed by atoms with E-state index in [1.807, 2.05) is 0 Å². The molecular weight excluding hydrogens is 488 g/mol. The maximum atomic E-state index is 13.1. The van der Waals surface area contributed by atoms with E-state index in [1.54, 1.807) is 42.5 Å². The number of thiocarbonyl (C=S) groups is 1. The largest absolute Gasteiger partial charge is 0.493 e. The van der Waals surface area contributed by atoms with Crippen molar-refractivity contribution in [2.24, 2.45) is 0 Å². The third-order valence-electron chi connectivity index (χ3n) is 4.26. The van der Waals surface area contributed by atoms with Gasteiger partial charge in [0.05, 0.1) is 19.9 Å². The molecule has 0 saturated carbocycles. The number of methoxy groups -OCH3 is 2. The van der Waals surface area contributed by atoms with E-state index in [0.29, 0.717) is 22.7 Å². The van der Waals surface area contributed by atoms with E-state index >= 15 is 0 Å². The van der Waals surface area contributed by atoms with Crippen LogP contribution in [0.15, 0.2) is 52.5 Å². The number of esters is 1. The number of benzene rings is 2. The van der Waals surface area contributed by atoms with Crippen LogP contribution in [0.5, 0.6) is 11.5 Å². The highest BCUT2D eigenvalue weighted by atomic mass is 79.9. The number of hydrogen-bond donors (Lipinski definition) is 1. The standard InChI is InChI=1S/C21H17BrN2O6S/c1-28-17-10-12(3-8-16(17)30-11-18(25)29-2)9-15-19(26)23-21(31)24(20(15)27)14-6-4-13(22)5-7-14/h3-10H,11H2,1-2H3,(H,23,26,31)/b15-9+. The van der Waals surface area contributed by atoms with Crippen LogP contribution in [0.4, 0.5) is 5.69 Å². The molecule has 1 heterocycles. The minimum Gasteiger partial charge on any atom is -0.493 e. The van der Waals surface area contributed by atoms with Crippen LogP contribution in [-0.4, -0.2) is 43.7 Å². The smallest absolute Gasteiger partial charge is 0.343 e. The molecule has 1 saturated heterocycles. The maximum absolute atomic E-state index is 13.1. The van der Waals surface area contributed by atoms with Crippen LogP contribution in [0.3, 0.4) is 0 Å². The van der Waals surface area contributed by atoms with E-state index in [4.69, 9.17) is 21.7 Å². The molecule has 2 amide bonds. The van der Waals surface area contributed by atoms with Gasteiger partial charge in [-0.2, -0.15) is 0 Å². The van der Waals surface area contributed by atoms with Gasteiger partial charge in [-0.1, -0.05) is 22.0 Å². The predicted molar refractivity (Wildman–Crippen MR) is 121 cm³/mol. The SMILES string of the molecule is COC(=O)COc1ccc(/C=C2\C(=O)NC(=S)N(c3ccc(Br)cc3)C2=O)cc1OC. The molecule has 2 aromatic rings. The minimum absolute atomic E-state index is 0.00129. The zero-order valence-electron chi connectivity index (χ0n) is 16.5. The first kappa shape index (κ1) is 22.4. The highest BCUT2D eigenvalue weighted by molar-refractivity contribution is 9.10. The number of rotatable bonds is 6. The molecule has 1 aliphatic heterocycles. The lowest BCUT2D eigenvalue weighted by Crippen LogP contribution is -2.54. The highest BCUT2D eigenvalue weighted by Crippen LogP contribution is 2.30. The van der Waals surface area contributed by atoms with E-state index in [9.17, 15) is 14.4 Å². The Balaban J connectivity index is 1.91. The van der Waals surface area contributed by atoms with Crippen molar-refractivity contribution in [3.05, 3.63) is 58.1 Å². The summed E-state index contributed by atoms with van der Waals surface area (Å²) in [6.45, 7) is -0.284. The molecule has 3 rings (SSSR count). The molecule has 0 aromatic heterocycles. The lowest BCUT2D eigenvalue weighted by Gasteiger charge is -2.29. The Labute approximate surface area is 191 Å². The number of carbonyl (C=O) groups is 3. The van der Waals surface area contributed by atoms with Gasteiger partial charge in [0.1, 0.15) is 5.57 Å². The zero-order valence-corrected chi connectivity index (χ0v) is 18.9. The predicted octanol–water partition coefficient (Wildman–Crippen LogP) is 2.84. The van der Waals surface area contributed by atoms with Gasteiger partial charge < -0.3 is 14.2 Å². The Morgan fingerprint density at radius 2 is 1.84 bits per heavy atom. The first-order valence-electron chi connectivity index (χ1n) is 8.88. The first-order chi connectivity index (χ1) is 14.8. The van der Waals surface area contributed by atoms with Gasteiger partial charge in [-0.05, 0) is 60.3 Å². The quantitative estimate of drug-likeness (QED) is 0.279. The highest BCUT2D eigenvalue weighted by Gasteiger charge is 2.34. The Kier molecular flexibility index (Phi) is 7.03. The van der Waals surface area contributed by atoms with Crippen molar-refractivity contribution in [3.8, 4) is 11.5 Å². The number of nitrogens with zero attached hydrogens (tertiary/aromatic N) is 1. The van der Waals surface area contributed by atoms with Crippen molar-refractivity contribution in [3.63, 3.8) is 0 Å². The number of hydrogen-bond acceptors (Lipinski definition) is 7. The van der Waals surface area contributed by atoms with Crippen molar-refractivity contribution >= 4 is 62.8 Å². The Hall–Kier alpha value is -3.24. The van der Waals surface area contributed by atoms with Crippen molar-refractivity contribution in [2.75, 3.05) is 25.7 Å². The summed E-state index contributed by atoms with van der Waals surface area (Å²) in [6.07, 6.45) is 1.43. The third kappa shape index (κ3) is 5.09. The molecule has 8 nitrogen and oxygen atoms in total. The first-order valence-corrected chi connectivity index (χ1v) is 10.1. The Morgan fingerprint density at radius 1 is 1.13 bits per heavy atom. The van der Waals surface area contributed by atoms with Crippen LogP contribution in [-0.2, 0) is 19.1 Å². The van der Waals surface area contributed by atoms with Crippen LogP contribution in [0.1, 0.15) is 5.56 Å². The Morgan fingerprint density at radius 3 is 2.48 bits per heavy atom. The molecule has 0 radical (unpaired) electrons. The van der Waals surface area contributed by atoms with Crippen LogP contribution in [0.2, 0.25) is 0 Å². The van der Waals surface area contributed by atoms with Gasteiger partial charge in [0, 0.05) is 4.47 Å². The van der Waals surface area contributed by atoms with Gasteiger partial charge in [-0.15, -0.1) is 0 Å². The summed E-state index contributed by atoms with van der Waals surface area (Å²) in [5, 5.41) is 2.53. The molecule has 0 bridgehead atoms. The minimum atomic E-state index is -0.603. The van der Waals surface area contributed by atoms with Crippen LogP contribution >= 0.6 is 28.1 Å². The molecule has 1 fully saturated rings. The molecule has 10 heteroatoms. The molecule has 1 aliphatic rings. The molecule has 0 spiro atoms. The van der Waals surface area contributed by atoms with Gasteiger partial charge in [0.15, 0.2) is 23.2 Å². The van der Waals surface area contributed by atoms with Crippen molar-refractivity contribution < 1.29 is 28.6 Å². The van der Waals surface area contributed by atoms with E-state index in [1.165, 1.54) is 25.2 Å². The zero-order chi connectivity index (χ0) is 22.5. The maximum Gasteiger partial charge on any atom is 0.343 e. The van der Waals surface area contributed by atoms with Gasteiger partial charge in [-0.25, -0.2) is 4.79 Å². The lowest BCUT2D eigenvalue weighted by atomic mass is 10.1. The second-order valence-electron chi connectivity index (χ2n) is 6.21. The lowest BCUT2D eigenvalue weighted by molar-refractivity contribution is -0.143. The molecule has 0 aliphatic carbocycles. The van der Waals surface area contributed by atoms with Crippen LogP contribution in [0, 0.1) is 0 Å². The van der Waals surface area contributed by atoms with E-state index < -0.39 is 17.8 Å². The van der Waals surface area contributed by atoms with Crippen LogP contribution in [0.25, 0.3) is 6.08 Å². The van der Waals surface area contributed by atoms with Crippen molar-refractivity contribution in [2.45, 2.75) is 0 Å². The average molecular weight is 505 g/mol. The molecule has 0 unspecified atom stereocenters. The Bertz CT molecular complexity index is 1080. The van der Waals surface area contributed by atoms with E-state index in [-0.39, 0.29) is 17.3 Å². The van der Waals surface area contributed by atoms with E-state index in [0.717, 1.165) is 4.47 Å². The molecule has 1 N–H and O–H groups in total. The van der Waals surface area contributed by atoms with Crippen molar-refractivity contribution in [1.82, 2.24) is 5.32 Å².